The molecule has 0 aliphatic carbocycles. The van der Waals surface area contributed by atoms with E-state index in [1.807, 2.05) is 0 Å². The molecule has 1 N–H and O–H groups in total. The van der Waals surface area contributed by atoms with Crippen LogP contribution in [0.3, 0.4) is 0 Å². The van der Waals surface area contributed by atoms with Crippen molar-refractivity contribution in [1.29, 1.82) is 0 Å². The first-order valence-corrected chi connectivity index (χ1v) is 6.33. The Morgan fingerprint density at radius 2 is 2.20 bits per heavy atom. The van der Waals surface area contributed by atoms with Crippen molar-refractivity contribution in [2.45, 2.75) is 44.8 Å². The van der Waals surface area contributed by atoms with Crippen LogP contribution in [0.15, 0.2) is 0 Å². The minimum atomic E-state index is 0.440. The third-order valence-electron chi connectivity index (χ3n) is 3.49. The van der Waals surface area contributed by atoms with Gasteiger partial charge < -0.3 is 14.8 Å². The van der Waals surface area contributed by atoms with Gasteiger partial charge in [0.15, 0.2) is 0 Å². The van der Waals surface area contributed by atoms with E-state index in [9.17, 15) is 0 Å². The molecular weight excluding hydrogens is 190 g/mol. The summed E-state index contributed by atoms with van der Waals surface area (Å²) in [6.45, 7) is 6.11. The first kappa shape index (κ1) is 11.4. The molecule has 3 atom stereocenters. The number of rotatable bonds is 4. The second-order valence-corrected chi connectivity index (χ2v) is 4.71. The van der Waals surface area contributed by atoms with Gasteiger partial charge in [-0.2, -0.15) is 0 Å². The number of nitrogens with one attached hydrogen (secondary N) is 1. The Balaban J connectivity index is 1.75. The van der Waals surface area contributed by atoms with Gasteiger partial charge >= 0.3 is 0 Å². The Kier molecular flexibility index (Phi) is 4.42. The van der Waals surface area contributed by atoms with E-state index in [-0.39, 0.29) is 0 Å². The van der Waals surface area contributed by atoms with Gasteiger partial charge in [0.05, 0.1) is 12.7 Å². The molecule has 2 aliphatic rings. The zero-order chi connectivity index (χ0) is 10.5. The third-order valence-corrected chi connectivity index (χ3v) is 3.49. The van der Waals surface area contributed by atoms with Crippen LogP contribution in [0, 0.1) is 5.92 Å². The monoisotopic (exact) mass is 213 g/mol. The van der Waals surface area contributed by atoms with Gasteiger partial charge in [-0.05, 0) is 32.2 Å². The average Bonchev–Trinajstić information content (AvgIpc) is 2.80. The Morgan fingerprint density at radius 1 is 1.27 bits per heavy atom. The van der Waals surface area contributed by atoms with Crippen molar-refractivity contribution in [3.8, 4) is 0 Å². The van der Waals surface area contributed by atoms with Crippen molar-refractivity contribution in [2.24, 2.45) is 5.92 Å². The molecule has 0 spiro atoms. The molecule has 2 fully saturated rings. The summed E-state index contributed by atoms with van der Waals surface area (Å²) in [4.78, 5) is 0. The highest BCUT2D eigenvalue weighted by Gasteiger charge is 2.31. The molecule has 3 nitrogen and oxygen atoms in total. The molecule has 3 heteroatoms. The normalized spacial score (nSPS) is 37.0. The van der Waals surface area contributed by atoms with E-state index in [0.717, 1.165) is 26.4 Å². The second-order valence-electron chi connectivity index (χ2n) is 4.71. The molecule has 0 radical (unpaired) electrons. The summed E-state index contributed by atoms with van der Waals surface area (Å²) >= 11 is 0. The van der Waals surface area contributed by atoms with Crippen LogP contribution in [0.25, 0.3) is 0 Å². The molecule has 0 aromatic carbocycles. The fraction of sp³-hybridized carbons (Fsp3) is 1.00. The molecule has 0 saturated carbocycles. The second kappa shape index (κ2) is 5.83. The maximum absolute atomic E-state index is 5.85. The molecule has 2 saturated heterocycles. The molecule has 2 heterocycles. The summed E-state index contributed by atoms with van der Waals surface area (Å²) in [5.41, 5.74) is 0. The molecule has 2 aliphatic heterocycles. The number of ether oxygens (including phenoxy) is 2. The molecule has 0 bridgehead atoms. The first-order valence-electron chi connectivity index (χ1n) is 6.33. The Hall–Kier alpha value is -0.120. The largest absolute Gasteiger partial charge is 0.381 e. The van der Waals surface area contributed by atoms with Gasteiger partial charge in [0.2, 0.25) is 0 Å². The van der Waals surface area contributed by atoms with Crippen molar-refractivity contribution >= 4 is 0 Å². The molecule has 88 valence electrons. The summed E-state index contributed by atoms with van der Waals surface area (Å²) in [5.74, 6) is 0.649. The van der Waals surface area contributed by atoms with Gasteiger partial charge in [-0.1, -0.05) is 6.92 Å². The third kappa shape index (κ3) is 3.16. The summed E-state index contributed by atoms with van der Waals surface area (Å²) in [6.07, 6.45) is 5.19. The van der Waals surface area contributed by atoms with Crippen molar-refractivity contribution < 1.29 is 9.47 Å². The lowest BCUT2D eigenvalue weighted by atomic mass is 9.92. The van der Waals surface area contributed by atoms with Gasteiger partial charge in [0.25, 0.3) is 0 Å². The topological polar surface area (TPSA) is 30.5 Å². The fourth-order valence-corrected chi connectivity index (χ4v) is 2.54. The molecular formula is C12H23NO2. The van der Waals surface area contributed by atoms with E-state index in [0.29, 0.717) is 18.1 Å². The van der Waals surface area contributed by atoms with Gasteiger partial charge in [-0.15, -0.1) is 0 Å². The first-order chi connectivity index (χ1) is 7.40. The predicted octanol–water partition coefficient (Wildman–Crippen LogP) is 1.57. The van der Waals surface area contributed by atoms with Crippen LogP contribution in [0.4, 0.5) is 0 Å². The van der Waals surface area contributed by atoms with Crippen molar-refractivity contribution in [2.75, 3.05) is 26.4 Å². The van der Waals surface area contributed by atoms with Crippen LogP contribution in [0.5, 0.6) is 0 Å². The summed E-state index contributed by atoms with van der Waals surface area (Å²) in [5, 5.41) is 3.60. The maximum atomic E-state index is 5.85. The highest BCUT2D eigenvalue weighted by atomic mass is 16.5. The van der Waals surface area contributed by atoms with E-state index >= 15 is 0 Å². The van der Waals surface area contributed by atoms with Crippen LogP contribution in [-0.4, -0.2) is 38.5 Å². The SMILES string of the molecule is CCCNC1CCOC(C2CCOC2)C1. The Morgan fingerprint density at radius 3 is 2.93 bits per heavy atom. The zero-order valence-corrected chi connectivity index (χ0v) is 9.71. The smallest absolute Gasteiger partial charge is 0.0640 e. The Bertz CT molecular complexity index is 180. The van der Waals surface area contributed by atoms with Crippen LogP contribution in [-0.2, 0) is 9.47 Å². The average molecular weight is 213 g/mol. The van der Waals surface area contributed by atoms with Crippen LogP contribution < -0.4 is 5.32 Å². The quantitative estimate of drug-likeness (QED) is 0.769. The van der Waals surface area contributed by atoms with Crippen molar-refractivity contribution in [1.82, 2.24) is 5.32 Å². The molecule has 15 heavy (non-hydrogen) atoms. The van der Waals surface area contributed by atoms with Gasteiger partial charge in [-0.25, -0.2) is 0 Å². The minimum absolute atomic E-state index is 0.440. The summed E-state index contributed by atoms with van der Waals surface area (Å²) in [7, 11) is 0. The van der Waals surface area contributed by atoms with E-state index in [4.69, 9.17) is 9.47 Å². The molecule has 0 aromatic heterocycles. The lowest BCUT2D eigenvalue weighted by Gasteiger charge is -2.33. The van der Waals surface area contributed by atoms with E-state index in [2.05, 4.69) is 12.2 Å². The number of hydrogen-bond acceptors (Lipinski definition) is 3. The lowest BCUT2D eigenvalue weighted by Crippen LogP contribution is -2.42. The van der Waals surface area contributed by atoms with Crippen molar-refractivity contribution in [3.63, 3.8) is 0 Å². The van der Waals surface area contributed by atoms with Crippen LogP contribution in [0.2, 0.25) is 0 Å². The fourth-order valence-electron chi connectivity index (χ4n) is 2.54. The molecule has 3 unspecified atom stereocenters. The Labute approximate surface area is 92.5 Å². The molecule has 0 amide bonds. The predicted molar refractivity (Wildman–Crippen MR) is 60.0 cm³/mol. The van der Waals surface area contributed by atoms with Crippen molar-refractivity contribution in [3.05, 3.63) is 0 Å². The molecule has 2 rings (SSSR count). The van der Waals surface area contributed by atoms with Gasteiger partial charge in [0, 0.05) is 25.2 Å². The molecule has 0 aromatic rings. The highest BCUT2D eigenvalue weighted by molar-refractivity contribution is 4.83. The van der Waals surface area contributed by atoms with Crippen LogP contribution in [0.1, 0.15) is 32.6 Å². The lowest BCUT2D eigenvalue weighted by molar-refractivity contribution is -0.0342. The summed E-state index contributed by atoms with van der Waals surface area (Å²) < 4.78 is 11.3. The van der Waals surface area contributed by atoms with Crippen LogP contribution >= 0.6 is 0 Å². The maximum Gasteiger partial charge on any atom is 0.0640 e. The highest BCUT2D eigenvalue weighted by Crippen LogP contribution is 2.26. The number of hydrogen-bond donors (Lipinski definition) is 1. The van der Waals surface area contributed by atoms with E-state index < -0.39 is 0 Å². The minimum Gasteiger partial charge on any atom is -0.381 e. The zero-order valence-electron chi connectivity index (χ0n) is 9.71. The van der Waals surface area contributed by atoms with E-state index in [1.54, 1.807) is 0 Å². The van der Waals surface area contributed by atoms with Gasteiger partial charge in [-0.3, -0.25) is 0 Å². The summed E-state index contributed by atoms with van der Waals surface area (Å²) in [6, 6.07) is 0.671. The van der Waals surface area contributed by atoms with E-state index in [1.165, 1.54) is 25.7 Å². The standard InChI is InChI=1S/C12H23NO2/c1-2-5-13-11-4-7-15-12(8-11)10-3-6-14-9-10/h10-13H,2-9H2,1H3. The van der Waals surface area contributed by atoms with Gasteiger partial charge in [0.1, 0.15) is 0 Å².